The predicted octanol–water partition coefficient (Wildman–Crippen LogP) is 4.26. The molecule has 0 spiro atoms. The van der Waals surface area contributed by atoms with Crippen molar-refractivity contribution in [1.82, 2.24) is 10.3 Å². The van der Waals surface area contributed by atoms with E-state index in [-0.39, 0.29) is 31.3 Å². The first-order valence-corrected chi connectivity index (χ1v) is 12.8. The van der Waals surface area contributed by atoms with Crippen LogP contribution in [0.3, 0.4) is 0 Å². The largest absolute Gasteiger partial charge is 0.496 e. The van der Waals surface area contributed by atoms with Crippen molar-refractivity contribution >= 4 is 22.6 Å². The van der Waals surface area contributed by atoms with Gasteiger partial charge in [0, 0.05) is 36.1 Å². The van der Waals surface area contributed by atoms with Gasteiger partial charge in [-0.05, 0) is 47.4 Å². The number of para-hydroxylation sites is 2. The van der Waals surface area contributed by atoms with Crippen LogP contribution in [0.4, 0.5) is 0 Å². The number of methoxy groups -OCH3 is 1. The minimum atomic E-state index is -0.711. The summed E-state index contributed by atoms with van der Waals surface area (Å²) < 4.78 is 11.1. The molecule has 39 heavy (non-hydrogen) atoms. The van der Waals surface area contributed by atoms with E-state index in [1.165, 1.54) is 0 Å². The highest BCUT2D eigenvalue weighted by atomic mass is 16.5. The number of nitrogens with two attached hydrogens (primary N) is 1. The van der Waals surface area contributed by atoms with Crippen LogP contribution in [0.2, 0.25) is 0 Å². The minimum absolute atomic E-state index is 0.0781. The average Bonchev–Trinajstić information content (AvgIpc) is 3.40. The van der Waals surface area contributed by atoms with Gasteiger partial charge in [0.15, 0.2) is 5.78 Å². The molecule has 1 aromatic heterocycles. The van der Waals surface area contributed by atoms with E-state index in [9.17, 15) is 9.59 Å². The van der Waals surface area contributed by atoms with E-state index in [1.54, 1.807) is 31.4 Å². The second-order valence-corrected chi connectivity index (χ2v) is 9.27. The number of aryl methyl sites for hydroxylation is 1. The topological polar surface area (TPSA) is 130 Å². The van der Waals surface area contributed by atoms with Crippen molar-refractivity contribution in [2.24, 2.45) is 11.7 Å². The lowest BCUT2D eigenvalue weighted by molar-refractivity contribution is -0.126. The zero-order chi connectivity index (χ0) is 27.6. The first-order chi connectivity index (χ1) is 19.0. The number of Topliss-reactive ketones (excluding diaryl/α,β-unsaturated/α-hetero) is 1. The fraction of sp³-hybridized carbons (Fsp3) is 0.258. The monoisotopic (exact) mass is 524 g/mol. The van der Waals surface area contributed by atoms with Gasteiger partial charge in [0.2, 0.25) is 5.91 Å². The van der Waals surface area contributed by atoms with E-state index in [1.807, 2.05) is 54.7 Å². The first-order valence-electron chi connectivity index (χ1n) is 12.8. The van der Waals surface area contributed by atoms with Gasteiger partial charge in [-0.1, -0.05) is 48.5 Å². The summed E-state index contributed by atoms with van der Waals surface area (Å²) in [5.74, 6) is 0.137. The van der Waals surface area contributed by atoms with Gasteiger partial charge in [-0.15, -0.1) is 0 Å². The van der Waals surface area contributed by atoms with Crippen LogP contribution in [0.25, 0.3) is 10.9 Å². The molecule has 0 aliphatic rings. The Balaban J connectivity index is 1.44. The number of aromatic nitrogens is 1. The maximum Gasteiger partial charge on any atom is 0.220 e. The summed E-state index contributed by atoms with van der Waals surface area (Å²) in [6, 6.07) is 23.8. The van der Waals surface area contributed by atoms with Crippen molar-refractivity contribution < 1.29 is 19.1 Å². The highest BCUT2D eigenvalue weighted by Crippen LogP contribution is 2.28. The Morgan fingerprint density at radius 1 is 1.05 bits per heavy atom. The quantitative estimate of drug-likeness (QED) is 0.240. The lowest BCUT2D eigenvalue weighted by atomic mass is 9.90. The molecule has 8 heteroatoms. The number of rotatable bonds is 13. The van der Waals surface area contributed by atoms with Crippen LogP contribution in [-0.4, -0.2) is 36.9 Å². The van der Waals surface area contributed by atoms with Crippen LogP contribution in [0.1, 0.15) is 29.2 Å². The van der Waals surface area contributed by atoms with Crippen molar-refractivity contribution in [3.05, 3.63) is 95.7 Å². The standard InChI is InChI=1S/C31H32N4O4/c1-38-29-9-5-2-6-22(29)12-15-30(37)35-19-26(31(33)25-18-34-27-8-4-3-7-24(25)27)28(36)20-39-23-13-10-21(11-14-23)16-17-32/h2-11,13-14,18,26,31,34H,12,15-16,19-20,33H2,1H3,(H,35,37). The number of fused-ring (bicyclic) bond motifs is 1. The smallest absolute Gasteiger partial charge is 0.220 e. The second-order valence-electron chi connectivity index (χ2n) is 9.27. The summed E-state index contributed by atoms with van der Waals surface area (Å²) in [7, 11) is 1.60. The molecule has 0 aliphatic heterocycles. The summed E-state index contributed by atoms with van der Waals surface area (Å²) in [6.45, 7) is -0.121. The van der Waals surface area contributed by atoms with Crippen LogP contribution < -0.4 is 20.5 Å². The molecule has 1 heterocycles. The number of nitrogens with zero attached hydrogens (tertiary/aromatic N) is 1. The van der Waals surface area contributed by atoms with E-state index < -0.39 is 12.0 Å². The van der Waals surface area contributed by atoms with Gasteiger partial charge >= 0.3 is 0 Å². The fourth-order valence-corrected chi connectivity index (χ4v) is 4.55. The third-order valence-electron chi connectivity index (χ3n) is 6.75. The van der Waals surface area contributed by atoms with Gasteiger partial charge < -0.3 is 25.5 Å². The number of nitrogens with one attached hydrogen (secondary N) is 2. The molecule has 0 bridgehead atoms. The van der Waals surface area contributed by atoms with Crippen LogP contribution in [-0.2, 0) is 22.4 Å². The summed E-state index contributed by atoms with van der Waals surface area (Å²) >= 11 is 0. The summed E-state index contributed by atoms with van der Waals surface area (Å²) in [5, 5.41) is 12.7. The van der Waals surface area contributed by atoms with Gasteiger partial charge in [0.05, 0.1) is 25.5 Å². The molecule has 1 amide bonds. The third kappa shape index (κ3) is 7.03. The van der Waals surface area contributed by atoms with Crippen LogP contribution in [0.15, 0.2) is 79.0 Å². The van der Waals surface area contributed by atoms with Gasteiger partial charge in [0.1, 0.15) is 18.1 Å². The number of carbonyl (C=O) groups excluding carboxylic acids is 2. The van der Waals surface area contributed by atoms with Gasteiger partial charge in [-0.2, -0.15) is 5.26 Å². The molecular formula is C31H32N4O4. The van der Waals surface area contributed by atoms with Crippen LogP contribution in [0, 0.1) is 17.2 Å². The number of amides is 1. The van der Waals surface area contributed by atoms with E-state index in [0.29, 0.717) is 18.6 Å². The molecule has 4 N–H and O–H groups in total. The normalized spacial score (nSPS) is 12.3. The zero-order valence-electron chi connectivity index (χ0n) is 21.9. The first kappa shape index (κ1) is 27.4. The fourth-order valence-electron chi connectivity index (χ4n) is 4.55. The summed E-state index contributed by atoms with van der Waals surface area (Å²) in [4.78, 5) is 29.4. The number of hydrogen-bond acceptors (Lipinski definition) is 6. The second kappa shape index (κ2) is 13.3. The van der Waals surface area contributed by atoms with Gasteiger partial charge in [-0.3, -0.25) is 9.59 Å². The minimum Gasteiger partial charge on any atom is -0.496 e. The van der Waals surface area contributed by atoms with Crippen LogP contribution >= 0.6 is 0 Å². The van der Waals surface area contributed by atoms with E-state index in [2.05, 4.69) is 16.4 Å². The predicted molar refractivity (Wildman–Crippen MR) is 149 cm³/mol. The maximum atomic E-state index is 13.4. The Labute approximate surface area is 227 Å². The van der Waals surface area contributed by atoms with Crippen molar-refractivity contribution in [2.75, 3.05) is 20.3 Å². The molecule has 3 aromatic carbocycles. The number of ketones is 1. The maximum absolute atomic E-state index is 13.4. The SMILES string of the molecule is COc1ccccc1CCC(=O)NCC(C(=O)COc1ccc(CC#N)cc1)C(N)c1c[nH]c2ccccc12. The van der Waals surface area contributed by atoms with Crippen molar-refractivity contribution in [1.29, 1.82) is 5.26 Å². The Morgan fingerprint density at radius 3 is 2.56 bits per heavy atom. The number of benzene rings is 3. The average molecular weight is 525 g/mol. The van der Waals surface area contributed by atoms with Gasteiger partial charge in [-0.25, -0.2) is 0 Å². The third-order valence-corrected chi connectivity index (χ3v) is 6.75. The number of carbonyl (C=O) groups is 2. The lowest BCUT2D eigenvalue weighted by Crippen LogP contribution is -2.40. The lowest BCUT2D eigenvalue weighted by Gasteiger charge is -2.23. The molecule has 0 aliphatic carbocycles. The number of aromatic amines is 1. The highest BCUT2D eigenvalue weighted by Gasteiger charge is 2.29. The Bertz CT molecular complexity index is 1460. The molecular weight excluding hydrogens is 492 g/mol. The molecule has 0 fully saturated rings. The number of hydrogen-bond donors (Lipinski definition) is 3. The van der Waals surface area contributed by atoms with Crippen molar-refractivity contribution in [3.8, 4) is 17.6 Å². The Hall–Kier alpha value is -4.61. The number of H-pyrrole nitrogens is 1. The summed E-state index contributed by atoms with van der Waals surface area (Å²) in [5.41, 5.74) is 10.2. The number of ether oxygens (including phenoxy) is 2. The van der Waals surface area contributed by atoms with E-state index >= 15 is 0 Å². The molecule has 2 atom stereocenters. The highest BCUT2D eigenvalue weighted by molar-refractivity contribution is 5.88. The molecule has 2 unspecified atom stereocenters. The Morgan fingerprint density at radius 2 is 1.79 bits per heavy atom. The molecule has 0 saturated heterocycles. The Kier molecular flexibility index (Phi) is 9.33. The van der Waals surface area contributed by atoms with E-state index in [4.69, 9.17) is 20.5 Å². The van der Waals surface area contributed by atoms with E-state index in [0.717, 1.165) is 33.3 Å². The number of nitriles is 1. The van der Waals surface area contributed by atoms with Crippen molar-refractivity contribution in [3.63, 3.8) is 0 Å². The van der Waals surface area contributed by atoms with Crippen molar-refractivity contribution in [2.45, 2.75) is 25.3 Å². The molecule has 8 nitrogen and oxygen atoms in total. The summed E-state index contributed by atoms with van der Waals surface area (Å²) in [6.07, 6.45) is 2.87. The molecule has 4 rings (SSSR count). The van der Waals surface area contributed by atoms with Crippen LogP contribution in [0.5, 0.6) is 11.5 Å². The molecule has 0 radical (unpaired) electrons. The van der Waals surface area contributed by atoms with Gasteiger partial charge in [0.25, 0.3) is 0 Å². The molecule has 0 saturated carbocycles. The molecule has 200 valence electrons. The molecule has 4 aromatic rings. The zero-order valence-corrected chi connectivity index (χ0v) is 21.9.